The Balaban J connectivity index is 1.48. The van der Waals surface area contributed by atoms with Crippen LogP contribution in [-0.4, -0.2) is 28.5 Å². The maximum atomic E-state index is 13.0. The lowest BCUT2D eigenvalue weighted by Gasteiger charge is -2.20. The van der Waals surface area contributed by atoms with Gasteiger partial charge in [-0.1, -0.05) is 30.3 Å². The van der Waals surface area contributed by atoms with E-state index in [9.17, 15) is 13.2 Å². The van der Waals surface area contributed by atoms with Crippen LogP contribution in [0.1, 0.15) is 10.4 Å². The van der Waals surface area contributed by atoms with E-state index >= 15 is 0 Å². The molecule has 0 spiro atoms. The fourth-order valence-corrected chi connectivity index (χ4v) is 4.47. The van der Waals surface area contributed by atoms with Crippen LogP contribution in [0.3, 0.4) is 0 Å². The number of ether oxygens (including phenoxy) is 3. The van der Waals surface area contributed by atoms with Gasteiger partial charge in [-0.25, -0.2) is 13.2 Å². The average molecular weight is 490 g/mol. The summed E-state index contributed by atoms with van der Waals surface area (Å²) >= 11 is 0. The predicted octanol–water partition coefficient (Wildman–Crippen LogP) is 5.53. The molecule has 0 amide bonds. The van der Waals surface area contributed by atoms with E-state index in [1.807, 2.05) is 18.2 Å². The van der Waals surface area contributed by atoms with Crippen molar-refractivity contribution in [2.75, 3.05) is 18.5 Å². The molecule has 0 aliphatic heterocycles. The normalized spacial score (nSPS) is 10.9. The number of rotatable bonds is 8. The van der Waals surface area contributed by atoms with Crippen LogP contribution >= 0.6 is 0 Å². The summed E-state index contributed by atoms with van der Waals surface area (Å²) in [4.78, 5) is 13.0. The Hall–Kier alpha value is -4.30. The van der Waals surface area contributed by atoms with E-state index in [0.29, 0.717) is 22.9 Å². The number of carbonyl (C=O) groups is 1. The molecule has 0 saturated heterocycles. The number of para-hydroxylation sites is 2. The fraction of sp³-hybridized carbons (Fsp3) is 0.0741. The number of methoxy groups -OCH3 is 1. The third-order valence-electron chi connectivity index (χ3n) is 5.21. The van der Waals surface area contributed by atoms with Crippen LogP contribution in [0.2, 0.25) is 0 Å². The molecule has 4 aromatic rings. The third-order valence-corrected chi connectivity index (χ3v) is 7.01. The van der Waals surface area contributed by atoms with Gasteiger partial charge >= 0.3 is 5.97 Å². The van der Waals surface area contributed by atoms with Crippen LogP contribution in [0.25, 0.3) is 0 Å². The SMILES string of the molecule is COc1ccc(S(=O)(=O)N(C)c2ccc(OC(=O)c3ccccc3Oc3ccccc3)cc2)cc1. The first kappa shape index (κ1) is 23.8. The summed E-state index contributed by atoms with van der Waals surface area (Å²) in [7, 11) is -0.809. The van der Waals surface area contributed by atoms with Crippen molar-refractivity contribution in [3.05, 3.63) is 109 Å². The smallest absolute Gasteiger partial charge is 0.347 e. The molecule has 0 aliphatic rings. The van der Waals surface area contributed by atoms with E-state index in [1.54, 1.807) is 60.7 Å². The summed E-state index contributed by atoms with van der Waals surface area (Å²) in [5, 5.41) is 0. The molecule has 4 rings (SSSR count). The van der Waals surface area contributed by atoms with Crippen LogP contribution < -0.4 is 18.5 Å². The van der Waals surface area contributed by atoms with Crippen LogP contribution in [0.15, 0.2) is 108 Å². The second-order valence-electron chi connectivity index (χ2n) is 7.44. The highest BCUT2D eigenvalue weighted by atomic mass is 32.2. The molecule has 8 heteroatoms. The summed E-state index contributed by atoms with van der Waals surface area (Å²) in [6.07, 6.45) is 0. The van der Waals surface area contributed by atoms with Crippen molar-refractivity contribution in [1.29, 1.82) is 0 Å². The highest BCUT2D eigenvalue weighted by Crippen LogP contribution is 2.28. The Labute approximate surface area is 204 Å². The zero-order valence-electron chi connectivity index (χ0n) is 19.1. The predicted molar refractivity (Wildman–Crippen MR) is 133 cm³/mol. The zero-order valence-corrected chi connectivity index (χ0v) is 19.9. The minimum atomic E-state index is -3.78. The minimum Gasteiger partial charge on any atom is -0.497 e. The number of nitrogens with zero attached hydrogens (tertiary/aromatic N) is 1. The van der Waals surface area contributed by atoms with E-state index in [2.05, 4.69) is 0 Å². The first-order valence-electron chi connectivity index (χ1n) is 10.7. The second kappa shape index (κ2) is 10.3. The van der Waals surface area contributed by atoms with Gasteiger partial charge in [0.2, 0.25) is 0 Å². The van der Waals surface area contributed by atoms with Crippen molar-refractivity contribution >= 4 is 21.7 Å². The summed E-state index contributed by atoms with van der Waals surface area (Å²) in [5.74, 6) is 1.20. The van der Waals surface area contributed by atoms with Gasteiger partial charge in [-0.3, -0.25) is 4.31 Å². The molecular formula is C27H23NO6S. The van der Waals surface area contributed by atoms with Crippen LogP contribution in [0, 0.1) is 0 Å². The maximum Gasteiger partial charge on any atom is 0.347 e. The zero-order chi connectivity index (χ0) is 24.8. The Bertz CT molecular complexity index is 1400. The Morgan fingerprint density at radius 3 is 1.97 bits per heavy atom. The molecule has 0 radical (unpaired) electrons. The summed E-state index contributed by atoms with van der Waals surface area (Å²) in [6, 6.07) is 28.2. The van der Waals surface area contributed by atoms with Gasteiger partial charge in [0, 0.05) is 7.05 Å². The number of sulfonamides is 1. The van der Waals surface area contributed by atoms with Gasteiger partial charge in [0.15, 0.2) is 0 Å². The first-order valence-corrected chi connectivity index (χ1v) is 12.1. The average Bonchev–Trinajstić information content (AvgIpc) is 2.89. The molecular weight excluding hydrogens is 466 g/mol. The highest BCUT2D eigenvalue weighted by Gasteiger charge is 2.22. The molecule has 178 valence electrons. The monoisotopic (exact) mass is 489 g/mol. The first-order chi connectivity index (χ1) is 16.9. The molecule has 0 atom stereocenters. The lowest BCUT2D eigenvalue weighted by atomic mass is 10.2. The molecule has 0 bridgehead atoms. The second-order valence-corrected chi connectivity index (χ2v) is 9.41. The van der Waals surface area contributed by atoms with Crippen molar-refractivity contribution in [2.45, 2.75) is 4.90 Å². The molecule has 4 aromatic carbocycles. The largest absolute Gasteiger partial charge is 0.497 e. The van der Waals surface area contributed by atoms with E-state index in [1.165, 1.54) is 38.4 Å². The van der Waals surface area contributed by atoms with Gasteiger partial charge < -0.3 is 14.2 Å². The molecule has 0 aromatic heterocycles. The standard InChI is InChI=1S/C27H23NO6S/c1-28(35(30,31)24-18-16-21(32-2)17-19-24)20-12-14-23(15-13-20)34-27(29)25-10-6-7-11-26(25)33-22-8-4-3-5-9-22/h3-19H,1-2H3. The Morgan fingerprint density at radius 2 is 1.31 bits per heavy atom. The van der Waals surface area contributed by atoms with E-state index in [-0.39, 0.29) is 16.2 Å². The van der Waals surface area contributed by atoms with Crippen LogP contribution in [0.5, 0.6) is 23.0 Å². The van der Waals surface area contributed by atoms with Gasteiger partial charge in [0.05, 0.1) is 17.7 Å². The molecule has 0 unspecified atom stereocenters. The van der Waals surface area contributed by atoms with Crippen molar-refractivity contribution in [2.24, 2.45) is 0 Å². The molecule has 0 N–H and O–H groups in total. The maximum absolute atomic E-state index is 13.0. The van der Waals surface area contributed by atoms with E-state index in [4.69, 9.17) is 14.2 Å². The van der Waals surface area contributed by atoms with Crippen molar-refractivity contribution in [3.8, 4) is 23.0 Å². The number of carbonyl (C=O) groups excluding carboxylic acids is 1. The molecule has 7 nitrogen and oxygen atoms in total. The number of anilines is 1. The quantitative estimate of drug-likeness (QED) is 0.239. The molecule has 0 aliphatic carbocycles. The van der Waals surface area contributed by atoms with E-state index in [0.717, 1.165) is 4.31 Å². The minimum absolute atomic E-state index is 0.131. The summed E-state index contributed by atoms with van der Waals surface area (Å²) in [6.45, 7) is 0. The van der Waals surface area contributed by atoms with E-state index < -0.39 is 16.0 Å². The van der Waals surface area contributed by atoms with Crippen LogP contribution in [-0.2, 0) is 10.0 Å². The van der Waals surface area contributed by atoms with Gasteiger partial charge in [0.1, 0.15) is 28.6 Å². The number of hydrogen-bond donors (Lipinski definition) is 0. The van der Waals surface area contributed by atoms with Crippen LogP contribution in [0.4, 0.5) is 5.69 Å². The fourth-order valence-electron chi connectivity index (χ4n) is 3.27. The topological polar surface area (TPSA) is 82.1 Å². The number of esters is 1. The molecule has 0 saturated carbocycles. The lowest BCUT2D eigenvalue weighted by Crippen LogP contribution is -2.26. The third kappa shape index (κ3) is 5.44. The summed E-state index contributed by atoms with van der Waals surface area (Å²) in [5.41, 5.74) is 0.674. The van der Waals surface area contributed by atoms with Crippen molar-refractivity contribution in [3.63, 3.8) is 0 Å². The number of benzene rings is 4. The highest BCUT2D eigenvalue weighted by molar-refractivity contribution is 7.92. The van der Waals surface area contributed by atoms with Crippen molar-refractivity contribution in [1.82, 2.24) is 0 Å². The van der Waals surface area contributed by atoms with Gasteiger partial charge in [-0.2, -0.15) is 0 Å². The molecule has 0 fully saturated rings. The molecule has 0 heterocycles. The van der Waals surface area contributed by atoms with Gasteiger partial charge in [-0.05, 0) is 72.8 Å². The summed E-state index contributed by atoms with van der Waals surface area (Å²) < 4.78 is 43.5. The van der Waals surface area contributed by atoms with Crippen molar-refractivity contribution < 1.29 is 27.4 Å². The van der Waals surface area contributed by atoms with Gasteiger partial charge in [-0.15, -0.1) is 0 Å². The van der Waals surface area contributed by atoms with Gasteiger partial charge in [0.25, 0.3) is 10.0 Å². The Morgan fingerprint density at radius 1 is 0.714 bits per heavy atom. The Kier molecular flexibility index (Phi) is 7.03. The molecule has 35 heavy (non-hydrogen) atoms. The lowest BCUT2D eigenvalue weighted by molar-refractivity contribution is 0.0732. The number of hydrogen-bond acceptors (Lipinski definition) is 6.